The molecule has 0 unspecified atom stereocenters. The first-order valence-corrected chi connectivity index (χ1v) is 7.84. The zero-order valence-electron chi connectivity index (χ0n) is 13.2. The predicted octanol–water partition coefficient (Wildman–Crippen LogP) is 2.84. The number of rotatable bonds is 11. The smallest absolute Gasteiger partial charge is 0.269 e. The van der Waals surface area contributed by atoms with Gasteiger partial charge in [-0.1, -0.05) is 26.3 Å². The lowest BCUT2D eigenvalue weighted by Gasteiger charge is -2.08. The average Bonchev–Trinajstić information content (AvgIpc) is 2.52. The van der Waals surface area contributed by atoms with Gasteiger partial charge in [0.05, 0.1) is 0 Å². The molecule has 0 atom stereocenters. The maximum atomic E-state index is 12.0. The number of nitrogens with one attached hydrogen (secondary N) is 2. The van der Waals surface area contributed by atoms with E-state index in [4.69, 9.17) is 4.74 Å². The van der Waals surface area contributed by atoms with Crippen molar-refractivity contribution < 1.29 is 9.53 Å². The van der Waals surface area contributed by atoms with Crippen molar-refractivity contribution in [3.63, 3.8) is 0 Å². The lowest BCUT2D eigenvalue weighted by molar-refractivity contribution is 0.0935. The lowest BCUT2D eigenvalue weighted by Crippen LogP contribution is -2.26. The van der Waals surface area contributed by atoms with Gasteiger partial charge in [0.25, 0.3) is 5.91 Å². The van der Waals surface area contributed by atoms with Gasteiger partial charge in [0.1, 0.15) is 11.5 Å². The van der Waals surface area contributed by atoms with Crippen LogP contribution in [-0.4, -0.2) is 37.2 Å². The van der Waals surface area contributed by atoms with Gasteiger partial charge in [0.2, 0.25) is 0 Å². The minimum absolute atomic E-state index is 0.135. The zero-order chi connectivity index (χ0) is 15.3. The fourth-order valence-electron chi connectivity index (χ4n) is 1.73. The van der Waals surface area contributed by atoms with E-state index in [1.165, 1.54) is 0 Å². The third kappa shape index (κ3) is 7.66. The van der Waals surface area contributed by atoms with Crippen LogP contribution in [0.25, 0.3) is 0 Å². The molecule has 118 valence electrons. The third-order valence-electron chi connectivity index (χ3n) is 2.93. The number of hydrogen-bond acceptors (Lipinski definition) is 4. The number of carbonyl (C=O) groups is 1. The van der Waals surface area contributed by atoms with Gasteiger partial charge in [-0.25, -0.2) is 4.98 Å². The number of pyridine rings is 1. The van der Waals surface area contributed by atoms with Gasteiger partial charge in [-0.15, -0.1) is 0 Å². The second-order valence-corrected chi connectivity index (χ2v) is 4.91. The van der Waals surface area contributed by atoms with Crippen LogP contribution in [-0.2, 0) is 4.74 Å². The first-order valence-electron chi connectivity index (χ1n) is 7.84. The number of hydrogen-bond donors (Lipinski definition) is 2. The predicted molar refractivity (Wildman–Crippen MR) is 85.7 cm³/mol. The monoisotopic (exact) mass is 293 g/mol. The molecule has 0 aliphatic heterocycles. The SMILES string of the molecule is CCCCOCCCNC(=O)c1cccc(NCCC)n1. The Morgan fingerprint density at radius 2 is 1.95 bits per heavy atom. The van der Waals surface area contributed by atoms with Crippen LogP contribution in [0.2, 0.25) is 0 Å². The third-order valence-corrected chi connectivity index (χ3v) is 2.93. The van der Waals surface area contributed by atoms with E-state index in [1.54, 1.807) is 6.07 Å². The summed E-state index contributed by atoms with van der Waals surface area (Å²) >= 11 is 0. The van der Waals surface area contributed by atoms with Crippen molar-refractivity contribution in [3.05, 3.63) is 23.9 Å². The molecule has 5 nitrogen and oxygen atoms in total. The highest BCUT2D eigenvalue weighted by Gasteiger charge is 2.06. The van der Waals surface area contributed by atoms with E-state index >= 15 is 0 Å². The van der Waals surface area contributed by atoms with E-state index in [0.717, 1.165) is 44.7 Å². The molecule has 1 aromatic heterocycles. The summed E-state index contributed by atoms with van der Waals surface area (Å²) in [6.45, 7) is 7.18. The van der Waals surface area contributed by atoms with Crippen molar-refractivity contribution in [2.24, 2.45) is 0 Å². The standard InChI is InChI=1S/C16H27N3O2/c1-3-5-12-21-13-7-11-18-16(20)14-8-6-9-15(19-14)17-10-4-2/h6,8-9H,3-5,7,10-13H2,1-2H3,(H,17,19)(H,18,20). The van der Waals surface area contributed by atoms with Crippen molar-refractivity contribution >= 4 is 11.7 Å². The Hall–Kier alpha value is -1.62. The van der Waals surface area contributed by atoms with E-state index < -0.39 is 0 Å². The van der Waals surface area contributed by atoms with E-state index in [2.05, 4.69) is 29.5 Å². The van der Waals surface area contributed by atoms with Crippen molar-refractivity contribution in [3.8, 4) is 0 Å². The van der Waals surface area contributed by atoms with Crippen molar-refractivity contribution in [1.29, 1.82) is 0 Å². The molecule has 1 aromatic rings. The van der Waals surface area contributed by atoms with Gasteiger partial charge < -0.3 is 15.4 Å². The van der Waals surface area contributed by atoms with Crippen LogP contribution in [0.5, 0.6) is 0 Å². The molecule has 0 aliphatic rings. The summed E-state index contributed by atoms with van der Waals surface area (Å²) < 4.78 is 5.45. The minimum atomic E-state index is -0.135. The van der Waals surface area contributed by atoms with E-state index in [-0.39, 0.29) is 5.91 Å². The first kappa shape index (κ1) is 17.4. The molecule has 1 amide bonds. The van der Waals surface area contributed by atoms with Crippen LogP contribution in [0.4, 0.5) is 5.82 Å². The number of amides is 1. The number of anilines is 1. The lowest BCUT2D eigenvalue weighted by atomic mass is 10.3. The highest BCUT2D eigenvalue weighted by molar-refractivity contribution is 5.92. The molecule has 21 heavy (non-hydrogen) atoms. The topological polar surface area (TPSA) is 63.2 Å². The highest BCUT2D eigenvalue weighted by atomic mass is 16.5. The van der Waals surface area contributed by atoms with Crippen molar-refractivity contribution in [1.82, 2.24) is 10.3 Å². The number of unbranched alkanes of at least 4 members (excludes halogenated alkanes) is 1. The number of nitrogens with zero attached hydrogens (tertiary/aromatic N) is 1. The highest BCUT2D eigenvalue weighted by Crippen LogP contribution is 2.04. The second-order valence-electron chi connectivity index (χ2n) is 4.91. The van der Waals surface area contributed by atoms with Crippen LogP contribution >= 0.6 is 0 Å². The maximum Gasteiger partial charge on any atom is 0.269 e. The number of ether oxygens (including phenoxy) is 1. The molecule has 0 aromatic carbocycles. The Morgan fingerprint density at radius 3 is 2.71 bits per heavy atom. The molecule has 1 heterocycles. The Kier molecular flexibility index (Phi) is 9.20. The Balaban J connectivity index is 2.25. The molecular weight excluding hydrogens is 266 g/mol. The van der Waals surface area contributed by atoms with Crippen LogP contribution < -0.4 is 10.6 Å². The van der Waals surface area contributed by atoms with Crippen LogP contribution in [0.1, 0.15) is 50.0 Å². The van der Waals surface area contributed by atoms with Gasteiger partial charge in [0, 0.05) is 26.3 Å². The summed E-state index contributed by atoms with van der Waals surface area (Å²) in [5.74, 6) is 0.608. The van der Waals surface area contributed by atoms with Gasteiger partial charge in [-0.3, -0.25) is 4.79 Å². The van der Waals surface area contributed by atoms with Crippen LogP contribution in [0.3, 0.4) is 0 Å². The molecule has 0 bridgehead atoms. The summed E-state index contributed by atoms with van der Waals surface area (Å²) in [4.78, 5) is 16.3. The van der Waals surface area contributed by atoms with Gasteiger partial charge in [0.15, 0.2) is 0 Å². The van der Waals surface area contributed by atoms with Crippen molar-refractivity contribution in [2.45, 2.75) is 39.5 Å². The van der Waals surface area contributed by atoms with Crippen molar-refractivity contribution in [2.75, 3.05) is 31.6 Å². The van der Waals surface area contributed by atoms with E-state index in [0.29, 0.717) is 18.8 Å². The largest absolute Gasteiger partial charge is 0.381 e. The molecule has 0 saturated heterocycles. The van der Waals surface area contributed by atoms with E-state index in [9.17, 15) is 4.79 Å². The normalized spacial score (nSPS) is 10.4. The Morgan fingerprint density at radius 1 is 1.14 bits per heavy atom. The minimum Gasteiger partial charge on any atom is -0.381 e. The zero-order valence-corrected chi connectivity index (χ0v) is 13.2. The summed E-state index contributed by atoms with van der Waals surface area (Å²) in [6.07, 6.45) is 4.08. The van der Waals surface area contributed by atoms with Gasteiger partial charge in [-0.2, -0.15) is 0 Å². The number of carbonyl (C=O) groups excluding carboxylic acids is 1. The molecular formula is C16H27N3O2. The summed E-state index contributed by atoms with van der Waals surface area (Å²) in [5.41, 5.74) is 0.447. The molecule has 1 rings (SSSR count). The Labute approximate surface area is 127 Å². The van der Waals surface area contributed by atoms with Crippen LogP contribution in [0.15, 0.2) is 18.2 Å². The average molecular weight is 293 g/mol. The summed E-state index contributed by atoms with van der Waals surface area (Å²) in [7, 11) is 0. The molecule has 5 heteroatoms. The quantitative estimate of drug-likeness (QED) is 0.616. The second kappa shape index (κ2) is 11.1. The molecule has 0 radical (unpaired) electrons. The van der Waals surface area contributed by atoms with Gasteiger partial charge >= 0.3 is 0 Å². The molecule has 0 fully saturated rings. The maximum absolute atomic E-state index is 12.0. The molecule has 0 aliphatic carbocycles. The fraction of sp³-hybridized carbons (Fsp3) is 0.625. The van der Waals surface area contributed by atoms with E-state index in [1.807, 2.05) is 12.1 Å². The van der Waals surface area contributed by atoms with Crippen LogP contribution in [0, 0.1) is 0 Å². The first-order chi connectivity index (χ1) is 10.3. The fourth-order valence-corrected chi connectivity index (χ4v) is 1.73. The molecule has 2 N–H and O–H groups in total. The Bertz CT molecular complexity index is 410. The van der Waals surface area contributed by atoms with Gasteiger partial charge in [-0.05, 0) is 31.4 Å². The molecule has 0 saturated carbocycles. The number of aromatic nitrogens is 1. The summed E-state index contributed by atoms with van der Waals surface area (Å²) in [5, 5.41) is 6.04. The molecule has 0 spiro atoms. The summed E-state index contributed by atoms with van der Waals surface area (Å²) in [6, 6.07) is 5.44.